The Morgan fingerprint density at radius 1 is 1.00 bits per heavy atom. The van der Waals surface area contributed by atoms with Crippen molar-refractivity contribution in [3.05, 3.63) is 0 Å². The summed E-state index contributed by atoms with van der Waals surface area (Å²) in [5.74, 6) is 0. The molecule has 3 heteroatoms. The summed E-state index contributed by atoms with van der Waals surface area (Å²) >= 11 is 0. The molecule has 1 rings (SSSR count). The van der Waals surface area contributed by atoms with E-state index >= 15 is 0 Å². The van der Waals surface area contributed by atoms with Crippen LogP contribution in [0.5, 0.6) is 0 Å². The smallest absolute Gasteiger partial charge is 0.0701 e. The van der Waals surface area contributed by atoms with Crippen LogP contribution in [0.15, 0.2) is 0 Å². The van der Waals surface area contributed by atoms with E-state index in [-0.39, 0.29) is 0 Å². The minimum absolute atomic E-state index is 0.778. The molecule has 0 spiro atoms. The van der Waals surface area contributed by atoms with Gasteiger partial charge in [-0.25, -0.2) is 0 Å². The number of unbranched alkanes of at least 4 members (excludes halogenated alkanes) is 2. The molecule has 1 fully saturated rings. The van der Waals surface area contributed by atoms with Gasteiger partial charge in [0.05, 0.1) is 26.4 Å². The van der Waals surface area contributed by atoms with Crippen LogP contribution in [0.25, 0.3) is 0 Å². The second-order valence-electron chi connectivity index (χ2n) is 2.72. The fourth-order valence-corrected chi connectivity index (χ4v) is 0.834. The number of hydrogen-bond donors (Lipinski definition) is 1. The lowest BCUT2D eigenvalue weighted by atomic mass is 10.3. The van der Waals surface area contributed by atoms with E-state index in [1.807, 2.05) is 0 Å². The Hall–Kier alpha value is -0.120. The highest BCUT2D eigenvalue weighted by molar-refractivity contribution is 4.37. The van der Waals surface area contributed by atoms with Crippen molar-refractivity contribution in [1.82, 2.24) is 0 Å². The second-order valence-corrected chi connectivity index (χ2v) is 2.72. The van der Waals surface area contributed by atoms with Crippen molar-refractivity contribution in [1.29, 1.82) is 0 Å². The highest BCUT2D eigenvalue weighted by atomic mass is 16.6. The maximum absolute atomic E-state index is 5.21. The first-order valence-electron chi connectivity index (χ1n) is 4.77. The summed E-state index contributed by atoms with van der Waals surface area (Å²) in [4.78, 5) is 0. The van der Waals surface area contributed by atoms with Crippen molar-refractivity contribution in [3.8, 4) is 0 Å². The molecule has 0 saturated carbocycles. The third kappa shape index (κ3) is 9.88. The van der Waals surface area contributed by atoms with Gasteiger partial charge in [0.2, 0.25) is 0 Å². The first-order valence-corrected chi connectivity index (χ1v) is 4.77. The lowest BCUT2D eigenvalue weighted by Crippen LogP contribution is -2.16. The quantitative estimate of drug-likeness (QED) is 0.655. The predicted molar refractivity (Wildman–Crippen MR) is 50.2 cm³/mol. The molecule has 2 N–H and O–H groups in total. The molecule has 0 bridgehead atoms. The van der Waals surface area contributed by atoms with Crippen LogP contribution in [0.2, 0.25) is 0 Å². The molecule has 0 amide bonds. The van der Waals surface area contributed by atoms with Crippen molar-refractivity contribution >= 4 is 0 Å². The van der Waals surface area contributed by atoms with Crippen LogP contribution in [-0.2, 0) is 9.47 Å². The molecule has 1 heterocycles. The van der Waals surface area contributed by atoms with Crippen molar-refractivity contribution in [3.63, 3.8) is 0 Å². The van der Waals surface area contributed by atoms with Gasteiger partial charge in [0.25, 0.3) is 0 Å². The zero-order valence-corrected chi connectivity index (χ0v) is 8.05. The third-order valence-corrected chi connectivity index (χ3v) is 1.55. The van der Waals surface area contributed by atoms with E-state index in [4.69, 9.17) is 15.2 Å². The van der Waals surface area contributed by atoms with Crippen LogP contribution in [0, 0.1) is 0 Å². The summed E-state index contributed by atoms with van der Waals surface area (Å²) in [5.41, 5.74) is 5.21. The van der Waals surface area contributed by atoms with Crippen LogP contribution in [0.3, 0.4) is 0 Å². The average molecular weight is 175 g/mol. The van der Waals surface area contributed by atoms with Gasteiger partial charge < -0.3 is 15.2 Å². The number of nitrogens with two attached hydrogens (primary N) is 1. The van der Waals surface area contributed by atoms with E-state index in [9.17, 15) is 0 Å². The maximum atomic E-state index is 5.21. The first kappa shape index (κ1) is 11.9. The molecule has 0 aromatic rings. The van der Waals surface area contributed by atoms with Crippen molar-refractivity contribution in [2.75, 3.05) is 33.0 Å². The van der Waals surface area contributed by atoms with E-state index in [0.29, 0.717) is 0 Å². The molecule has 1 saturated heterocycles. The van der Waals surface area contributed by atoms with Gasteiger partial charge in [-0.15, -0.1) is 0 Å². The van der Waals surface area contributed by atoms with E-state index in [1.54, 1.807) is 0 Å². The zero-order valence-electron chi connectivity index (χ0n) is 8.05. The van der Waals surface area contributed by atoms with Gasteiger partial charge in [-0.2, -0.15) is 0 Å². The molecule has 12 heavy (non-hydrogen) atoms. The summed E-state index contributed by atoms with van der Waals surface area (Å²) in [6.07, 6.45) is 3.75. The highest BCUT2D eigenvalue weighted by Gasteiger charge is 1.94. The lowest BCUT2D eigenvalue weighted by molar-refractivity contribution is -0.0334. The number of rotatable bonds is 3. The van der Waals surface area contributed by atoms with Gasteiger partial charge >= 0.3 is 0 Å². The van der Waals surface area contributed by atoms with Crippen LogP contribution < -0.4 is 5.73 Å². The maximum Gasteiger partial charge on any atom is 0.0701 e. The van der Waals surface area contributed by atoms with E-state index < -0.39 is 0 Å². The summed E-state index contributed by atoms with van der Waals surface area (Å²) in [5, 5.41) is 0. The Bertz CT molecular complexity index is 59.4. The molecule has 0 aliphatic carbocycles. The molecular formula is C9H21NO2. The molecule has 0 aromatic carbocycles. The highest BCUT2D eigenvalue weighted by Crippen LogP contribution is 1.88. The number of hydrogen-bond acceptors (Lipinski definition) is 3. The molecule has 0 aromatic heterocycles. The minimum atomic E-state index is 0.778. The van der Waals surface area contributed by atoms with Crippen LogP contribution in [0.4, 0.5) is 0 Å². The van der Waals surface area contributed by atoms with Crippen LogP contribution in [0.1, 0.15) is 26.2 Å². The second kappa shape index (κ2) is 10.9. The van der Waals surface area contributed by atoms with Gasteiger partial charge in [-0.3, -0.25) is 0 Å². The molecule has 0 atom stereocenters. The Morgan fingerprint density at radius 2 is 1.50 bits per heavy atom. The minimum Gasteiger partial charge on any atom is -0.377 e. The van der Waals surface area contributed by atoms with Crippen LogP contribution >= 0.6 is 0 Å². The standard InChI is InChI=1S/C5H13N.C4H8O2/c1-2-3-4-5-6;1-2-6-4-3-5-1/h2-6H2,1H3;1-4H2. The van der Waals surface area contributed by atoms with E-state index in [0.717, 1.165) is 33.0 Å². The Morgan fingerprint density at radius 3 is 1.67 bits per heavy atom. The monoisotopic (exact) mass is 175 g/mol. The topological polar surface area (TPSA) is 44.5 Å². The van der Waals surface area contributed by atoms with Gasteiger partial charge in [-0.05, 0) is 13.0 Å². The van der Waals surface area contributed by atoms with E-state index in [1.165, 1.54) is 19.3 Å². The Labute approximate surface area is 75.2 Å². The molecular weight excluding hydrogens is 154 g/mol. The fraction of sp³-hybridized carbons (Fsp3) is 1.00. The van der Waals surface area contributed by atoms with Crippen molar-refractivity contribution in [2.24, 2.45) is 5.73 Å². The van der Waals surface area contributed by atoms with Gasteiger partial charge in [-0.1, -0.05) is 19.8 Å². The molecule has 1 aliphatic rings. The molecule has 3 nitrogen and oxygen atoms in total. The summed E-state index contributed by atoms with van der Waals surface area (Å²) in [7, 11) is 0. The SMILES string of the molecule is C1COCCO1.CCCCCN. The summed E-state index contributed by atoms with van der Waals surface area (Å²) in [6, 6.07) is 0. The third-order valence-electron chi connectivity index (χ3n) is 1.55. The van der Waals surface area contributed by atoms with Gasteiger partial charge in [0, 0.05) is 0 Å². The summed E-state index contributed by atoms with van der Waals surface area (Å²) in [6.45, 7) is 6.14. The Balaban J connectivity index is 0.000000202. The normalized spacial score (nSPS) is 16.5. The number of ether oxygens (including phenoxy) is 2. The van der Waals surface area contributed by atoms with Crippen LogP contribution in [-0.4, -0.2) is 33.0 Å². The Kier molecular flexibility index (Phi) is 10.8. The summed E-state index contributed by atoms with van der Waals surface area (Å²) < 4.78 is 9.89. The van der Waals surface area contributed by atoms with Gasteiger partial charge in [0.1, 0.15) is 0 Å². The average Bonchev–Trinajstić information content (AvgIpc) is 2.18. The molecule has 1 aliphatic heterocycles. The van der Waals surface area contributed by atoms with E-state index in [2.05, 4.69) is 6.92 Å². The fourth-order valence-electron chi connectivity index (χ4n) is 0.834. The first-order chi connectivity index (χ1) is 5.91. The molecule has 0 unspecified atom stereocenters. The largest absolute Gasteiger partial charge is 0.377 e. The van der Waals surface area contributed by atoms with Crippen molar-refractivity contribution in [2.45, 2.75) is 26.2 Å². The van der Waals surface area contributed by atoms with Crippen molar-refractivity contribution < 1.29 is 9.47 Å². The van der Waals surface area contributed by atoms with Gasteiger partial charge in [0.15, 0.2) is 0 Å². The molecule has 0 radical (unpaired) electrons. The lowest BCUT2D eigenvalue weighted by Gasteiger charge is -2.09. The molecule has 74 valence electrons. The predicted octanol–water partition coefficient (Wildman–Crippen LogP) is 1.17. The zero-order chi connectivity index (χ0) is 9.07.